The number of halogens is 1. The molecule has 0 spiro atoms. The van der Waals surface area contributed by atoms with Gasteiger partial charge in [-0.3, -0.25) is 0 Å². The lowest BCUT2D eigenvalue weighted by Gasteiger charge is -2.09. The van der Waals surface area contributed by atoms with Crippen LogP contribution in [0.15, 0.2) is 33.6 Å². The Bertz CT molecular complexity index is 557. The first-order valence-corrected chi connectivity index (χ1v) is 7.53. The number of benzene rings is 1. The summed E-state index contributed by atoms with van der Waals surface area (Å²) in [5.74, 6) is 0. The maximum absolute atomic E-state index is 11.6. The average Bonchev–Trinajstić information content (AvgIpc) is 2.91. The Morgan fingerprint density at radius 3 is 2.89 bits per heavy atom. The lowest BCUT2D eigenvalue weighted by molar-refractivity contribution is 0.240. The Balaban J connectivity index is 1.81. The Labute approximate surface area is 124 Å². The number of nitrogens with one attached hydrogen (secondary N) is 2. The van der Waals surface area contributed by atoms with E-state index >= 15 is 0 Å². The molecule has 19 heavy (non-hydrogen) atoms. The number of carbonyl (C=O) groups excluding carboxylic acids is 1. The van der Waals surface area contributed by atoms with Crippen molar-refractivity contribution in [1.82, 2.24) is 15.6 Å². The molecule has 2 amide bonds. The van der Waals surface area contributed by atoms with Crippen LogP contribution in [0.25, 0.3) is 0 Å². The zero-order chi connectivity index (χ0) is 13.7. The van der Waals surface area contributed by atoms with Crippen LogP contribution >= 0.6 is 27.3 Å². The number of aromatic nitrogens is 1. The SMILES string of the molecule is Cc1cccc(CNC(=O)NCc2cscn2)c1Br. The highest BCUT2D eigenvalue weighted by Crippen LogP contribution is 2.20. The summed E-state index contributed by atoms with van der Waals surface area (Å²) in [5, 5.41) is 7.51. The highest BCUT2D eigenvalue weighted by atomic mass is 79.9. The van der Waals surface area contributed by atoms with Crippen LogP contribution in [0.1, 0.15) is 16.8 Å². The van der Waals surface area contributed by atoms with Gasteiger partial charge in [-0.2, -0.15) is 0 Å². The predicted molar refractivity (Wildman–Crippen MR) is 80.1 cm³/mol. The van der Waals surface area contributed by atoms with Crippen molar-refractivity contribution in [3.05, 3.63) is 50.4 Å². The third-order valence-corrected chi connectivity index (χ3v) is 4.39. The standard InChI is InChI=1S/C13H14BrN3OS/c1-9-3-2-4-10(12(9)14)5-15-13(18)16-6-11-7-19-8-17-11/h2-4,7-8H,5-6H2,1H3,(H2,15,16,18). The van der Waals surface area contributed by atoms with Crippen LogP contribution in [0, 0.1) is 6.92 Å². The zero-order valence-corrected chi connectivity index (χ0v) is 12.8. The Kier molecular flexibility index (Phi) is 4.93. The molecule has 0 aliphatic rings. The Morgan fingerprint density at radius 1 is 1.37 bits per heavy atom. The minimum atomic E-state index is -0.193. The van der Waals surface area contributed by atoms with E-state index in [9.17, 15) is 4.79 Å². The van der Waals surface area contributed by atoms with Crippen LogP contribution in [-0.4, -0.2) is 11.0 Å². The van der Waals surface area contributed by atoms with Gasteiger partial charge in [-0.25, -0.2) is 9.78 Å². The van der Waals surface area contributed by atoms with Gasteiger partial charge in [0.05, 0.1) is 17.7 Å². The van der Waals surface area contributed by atoms with Crippen molar-refractivity contribution in [3.8, 4) is 0 Å². The van der Waals surface area contributed by atoms with Crippen molar-refractivity contribution >= 4 is 33.3 Å². The van der Waals surface area contributed by atoms with E-state index in [0.29, 0.717) is 13.1 Å². The summed E-state index contributed by atoms with van der Waals surface area (Å²) in [7, 11) is 0. The third-order valence-electron chi connectivity index (χ3n) is 2.62. The first-order chi connectivity index (χ1) is 9.16. The summed E-state index contributed by atoms with van der Waals surface area (Å²) in [6, 6.07) is 5.79. The summed E-state index contributed by atoms with van der Waals surface area (Å²) in [5.41, 5.74) is 4.83. The van der Waals surface area contributed by atoms with Crippen molar-refractivity contribution in [2.24, 2.45) is 0 Å². The molecule has 0 bridgehead atoms. The molecule has 0 atom stereocenters. The summed E-state index contributed by atoms with van der Waals surface area (Å²) >= 11 is 5.04. The molecule has 0 saturated heterocycles. The summed E-state index contributed by atoms with van der Waals surface area (Å²) in [6.07, 6.45) is 0. The molecule has 100 valence electrons. The fourth-order valence-electron chi connectivity index (χ4n) is 1.58. The topological polar surface area (TPSA) is 54.0 Å². The first kappa shape index (κ1) is 14.0. The van der Waals surface area contributed by atoms with E-state index in [1.807, 2.05) is 30.5 Å². The van der Waals surface area contributed by atoms with E-state index in [-0.39, 0.29) is 6.03 Å². The van der Waals surface area contributed by atoms with Crippen LogP contribution in [0.3, 0.4) is 0 Å². The number of aryl methyl sites for hydroxylation is 1. The molecule has 1 aromatic heterocycles. The number of amides is 2. The van der Waals surface area contributed by atoms with Gasteiger partial charge in [0.15, 0.2) is 0 Å². The van der Waals surface area contributed by atoms with Gasteiger partial charge in [0.2, 0.25) is 0 Å². The van der Waals surface area contributed by atoms with Crippen molar-refractivity contribution < 1.29 is 4.79 Å². The highest BCUT2D eigenvalue weighted by molar-refractivity contribution is 9.10. The molecule has 0 saturated carbocycles. The van der Waals surface area contributed by atoms with Crippen LogP contribution in [0.5, 0.6) is 0 Å². The van der Waals surface area contributed by atoms with Crippen LogP contribution in [0.4, 0.5) is 4.79 Å². The molecule has 2 aromatic rings. The van der Waals surface area contributed by atoms with Crippen LogP contribution in [-0.2, 0) is 13.1 Å². The van der Waals surface area contributed by atoms with Crippen molar-refractivity contribution in [2.45, 2.75) is 20.0 Å². The summed E-state index contributed by atoms with van der Waals surface area (Å²) < 4.78 is 1.04. The van der Waals surface area contributed by atoms with Crippen LogP contribution < -0.4 is 10.6 Å². The monoisotopic (exact) mass is 339 g/mol. The predicted octanol–water partition coefficient (Wildman–Crippen LogP) is 3.21. The van der Waals surface area contributed by atoms with Crippen molar-refractivity contribution in [2.75, 3.05) is 0 Å². The maximum atomic E-state index is 11.6. The summed E-state index contributed by atoms with van der Waals surface area (Å²) in [4.78, 5) is 15.7. The molecule has 0 unspecified atom stereocenters. The molecule has 1 aromatic carbocycles. The third kappa shape index (κ3) is 4.04. The van der Waals surface area contributed by atoms with Crippen molar-refractivity contribution in [1.29, 1.82) is 0 Å². The molecule has 0 aliphatic carbocycles. The first-order valence-electron chi connectivity index (χ1n) is 5.79. The lowest BCUT2D eigenvalue weighted by Crippen LogP contribution is -2.34. The second kappa shape index (κ2) is 6.68. The minimum Gasteiger partial charge on any atom is -0.334 e. The van der Waals surface area contributed by atoms with E-state index in [4.69, 9.17) is 0 Å². The average molecular weight is 340 g/mol. The van der Waals surface area contributed by atoms with Gasteiger partial charge < -0.3 is 10.6 Å². The molecule has 0 fully saturated rings. The maximum Gasteiger partial charge on any atom is 0.315 e. The van der Waals surface area contributed by atoms with E-state index in [1.54, 1.807) is 5.51 Å². The van der Waals surface area contributed by atoms with E-state index in [1.165, 1.54) is 11.3 Å². The molecule has 0 radical (unpaired) electrons. The van der Waals surface area contributed by atoms with E-state index < -0.39 is 0 Å². The fraction of sp³-hybridized carbons (Fsp3) is 0.231. The molecule has 2 N–H and O–H groups in total. The van der Waals surface area contributed by atoms with Gasteiger partial charge in [0.25, 0.3) is 0 Å². The largest absolute Gasteiger partial charge is 0.334 e. The molecule has 1 heterocycles. The Hall–Kier alpha value is -1.40. The van der Waals surface area contributed by atoms with E-state index in [0.717, 1.165) is 21.3 Å². The number of carbonyl (C=O) groups is 1. The lowest BCUT2D eigenvalue weighted by atomic mass is 10.1. The quantitative estimate of drug-likeness (QED) is 0.898. The number of hydrogen-bond acceptors (Lipinski definition) is 3. The minimum absolute atomic E-state index is 0.193. The molecular weight excluding hydrogens is 326 g/mol. The van der Waals surface area contributed by atoms with Crippen LogP contribution in [0.2, 0.25) is 0 Å². The van der Waals surface area contributed by atoms with Gasteiger partial charge >= 0.3 is 6.03 Å². The normalized spacial score (nSPS) is 10.2. The molecule has 0 aliphatic heterocycles. The highest BCUT2D eigenvalue weighted by Gasteiger charge is 2.05. The number of nitrogens with zero attached hydrogens (tertiary/aromatic N) is 1. The summed E-state index contributed by atoms with van der Waals surface area (Å²) in [6.45, 7) is 2.96. The second-order valence-corrected chi connectivity index (χ2v) is 5.58. The number of urea groups is 1. The van der Waals surface area contributed by atoms with E-state index in [2.05, 4.69) is 31.5 Å². The molecule has 6 heteroatoms. The number of thiazole rings is 1. The van der Waals surface area contributed by atoms with Gasteiger partial charge in [0.1, 0.15) is 0 Å². The van der Waals surface area contributed by atoms with Crippen molar-refractivity contribution in [3.63, 3.8) is 0 Å². The number of hydrogen-bond donors (Lipinski definition) is 2. The molecule has 4 nitrogen and oxygen atoms in total. The Morgan fingerprint density at radius 2 is 2.16 bits per heavy atom. The molecule has 2 rings (SSSR count). The smallest absolute Gasteiger partial charge is 0.315 e. The van der Waals surface area contributed by atoms with Gasteiger partial charge in [-0.1, -0.05) is 34.1 Å². The van der Waals surface area contributed by atoms with Gasteiger partial charge in [-0.05, 0) is 18.1 Å². The van der Waals surface area contributed by atoms with Gasteiger partial charge in [0, 0.05) is 16.4 Å². The molecular formula is C13H14BrN3OS. The van der Waals surface area contributed by atoms with Gasteiger partial charge in [-0.15, -0.1) is 11.3 Å². The second-order valence-electron chi connectivity index (χ2n) is 4.06. The fourth-order valence-corrected chi connectivity index (χ4v) is 2.54. The zero-order valence-electron chi connectivity index (χ0n) is 10.4. The number of rotatable bonds is 4.